The lowest BCUT2D eigenvalue weighted by Gasteiger charge is -2.13. The van der Waals surface area contributed by atoms with Gasteiger partial charge in [0.15, 0.2) is 0 Å². The van der Waals surface area contributed by atoms with Crippen LogP contribution in [-0.4, -0.2) is 33.8 Å². The summed E-state index contributed by atoms with van der Waals surface area (Å²) in [5, 5.41) is 12.8. The number of unbranched alkanes of at least 4 members (excludes halogenated alkanes) is 12. The molecule has 31 heavy (non-hydrogen) atoms. The van der Waals surface area contributed by atoms with Crippen molar-refractivity contribution in [1.29, 1.82) is 0 Å². The number of amides is 1. The lowest BCUT2D eigenvalue weighted by molar-refractivity contribution is -0.141. The van der Waals surface area contributed by atoms with Gasteiger partial charge in [-0.1, -0.05) is 101 Å². The second-order valence-electron chi connectivity index (χ2n) is 7.99. The summed E-state index contributed by atoms with van der Waals surface area (Å²) in [6.45, 7) is 2.25. The zero-order chi connectivity index (χ0) is 22.6. The first-order valence-electron chi connectivity index (χ1n) is 11.9. The molecule has 0 radical (unpaired) electrons. The predicted molar refractivity (Wildman–Crippen MR) is 132 cm³/mol. The van der Waals surface area contributed by atoms with Crippen molar-refractivity contribution in [3.8, 4) is 0 Å². The van der Waals surface area contributed by atoms with Crippen LogP contribution in [0.5, 0.6) is 0 Å². The monoisotopic (exact) mass is 468 g/mol. The number of carbonyl (C=O) groups is 2. The van der Waals surface area contributed by atoms with Gasteiger partial charge in [-0.05, 0) is 29.3 Å². The van der Waals surface area contributed by atoms with E-state index in [2.05, 4.69) is 17.2 Å². The molecule has 1 aromatic rings. The van der Waals surface area contributed by atoms with Crippen LogP contribution in [0.2, 0.25) is 0 Å². The normalized spacial score (nSPS) is 11.9. The van der Waals surface area contributed by atoms with Gasteiger partial charge >= 0.3 is 5.97 Å². The van der Waals surface area contributed by atoms with Crippen LogP contribution in [0.1, 0.15) is 96.8 Å². The van der Waals surface area contributed by atoms with Gasteiger partial charge in [-0.3, -0.25) is 4.79 Å². The molecule has 1 aromatic heterocycles. The van der Waals surface area contributed by atoms with Crippen molar-refractivity contribution in [2.24, 2.45) is 0 Å². The molecule has 1 unspecified atom stereocenters. The maximum absolute atomic E-state index is 12.1. The molecule has 1 rings (SSSR count). The number of nitrogens with zero attached hydrogens (tertiary/aromatic N) is 1. The number of hydrogen-bond donors (Lipinski definition) is 2. The van der Waals surface area contributed by atoms with Gasteiger partial charge in [0, 0.05) is 18.4 Å². The zero-order valence-electron chi connectivity index (χ0n) is 19.0. The van der Waals surface area contributed by atoms with E-state index in [0.29, 0.717) is 12.2 Å². The van der Waals surface area contributed by atoms with E-state index in [-0.39, 0.29) is 5.91 Å². The molecule has 1 amide bonds. The predicted octanol–water partition coefficient (Wildman–Crippen LogP) is 6.87. The SMILES string of the molecule is CCCCCCCCCCCCCCCC(=O)NC(CSSc1ccccn1)C(=O)O. The highest BCUT2D eigenvalue weighted by molar-refractivity contribution is 8.76. The number of nitrogens with one attached hydrogen (secondary N) is 1. The summed E-state index contributed by atoms with van der Waals surface area (Å²) in [4.78, 5) is 27.7. The van der Waals surface area contributed by atoms with E-state index in [1.165, 1.54) is 85.8 Å². The fourth-order valence-electron chi connectivity index (χ4n) is 3.30. The second-order valence-corrected chi connectivity index (χ2v) is 10.3. The average molecular weight is 469 g/mol. The third-order valence-corrected chi connectivity index (χ3v) is 7.43. The lowest BCUT2D eigenvalue weighted by Crippen LogP contribution is -2.42. The van der Waals surface area contributed by atoms with Crippen molar-refractivity contribution >= 4 is 33.5 Å². The van der Waals surface area contributed by atoms with Gasteiger partial charge in [-0.15, -0.1) is 0 Å². The minimum atomic E-state index is -0.993. The molecule has 0 aliphatic carbocycles. The molecular weight excluding hydrogens is 428 g/mol. The van der Waals surface area contributed by atoms with Gasteiger partial charge in [0.25, 0.3) is 0 Å². The number of aromatic nitrogens is 1. The second kappa shape index (κ2) is 19.5. The van der Waals surface area contributed by atoms with Crippen LogP contribution < -0.4 is 5.32 Å². The quantitative estimate of drug-likeness (QED) is 0.160. The first-order valence-corrected chi connectivity index (χ1v) is 14.2. The molecule has 0 saturated heterocycles. The number of carboxylic acids is 1. The van der Waals surface area contributed by atoms with E-state index in [1.807, 2.05) is 18.2 Å². The summed E-state index contributed by atoms with van der Waals surface area (Å²) >= 11 is 0. The number of carbonyl (C=O) groups excluding carboxylic acids is 1. The summed E-state index contributed by atoms with van der Waals surface area (Å²) in [5.41, 5.74) is 0. The maximum atomic E-state index is 12.1. The molecule has 1 heterocycles. The van der Waals surface area contributed by atoms with Crippen molar-refractivity contribution in [1.82, 2.24) is 10.3 Å². The van der Waals surface area contributed by atoms with Crippen molar-refractivity contribution in [3.05, 3.63) is 24.4 Å². The molecule has 0 aliphatic heterocycles. The standard InChI is InChI=1S/C24H40N2O3S2/c1-2-3-4-5-6-7-8-9-10-11-12-13-14-17-22(27)26-21(24(28)29)20-30-31-23-18-15-16-19-25-23/h15-16,18-19,21H,2-14,17,20H2,1H3,(H,26,27)(H,28,29). The molecule has 1 atom stereocenters. The fraction of sp³-hybridized carbons (Fsp3) is 0.708. The topological polar surface area (TPSA) is 79.3 Å². The third kappa shape index (κ3) is 16.1. The van der Waals surface area contributed by atoms with E-state index in [4.69, 9.17) is 0 Å². The van der Waals surface area contributed by atoms with Crippen molar-refractivity contribution in [2.45, 2.75) is 108 Å². The highest BCUT2D eigenvalue weighted by Gasteiger charge is 2.20. The highest BCUT2D eigenvalue weighted by Crippen LogP contribution is 2.29. The Hall–Kier alpha value is -1.21. The Morgan fingerprint density at radius 2 is 1.52 bits per heavy atom. The van der Waals surface area contributed by atoms with Crippen LogP contribution >= 0.6 is 21.6 Å². The van der Waals surface area contributed by atoms with E-state index in [9.17, 15) is 14.7 Å². The molecule has 176 valence electrons. The van der Waals surface area contributed by atoms with Gasteiger partial charge in [-0.25, -0.2) is 9.78 Å². The number of aliphatic carboxylic acids is 1. The van der Waals surface area contributed by atoms with Crippen molar-refractivity contribution < 1.29 is 14.7 Å². The first kappa shape index (κ1) is 27.8. The molecule has 0 fully saturated rings. The molecule has 0 spiro atoms. The van der Waals surface area contributed by atoms with Crippen LogP contribution in [0.25, 0.3) is 0 Å². The Balaban J connectivity index is 1.99. The number of pyridine rings is 1. The van der Waals surface area contributed by atoms with Crippen LogP contribution in [0.4, 0.5) is 0 Å². The fourth-order valence-corrected chi connectivity index (χ4v) is 5.36. The minimum Gasteiger partial charge on any atom is -0.480 e. The largest absolute Gasteiger partial charge is 0.480 e. The first-order chi connectivity index (χ1) is 15.1. The van der Waals surface area contributed by atoms with Crippen molar-refractivity contribution in [3.63, 3.8) is 0 Å². The van der Waals surface area contributed by atoms with Crippen LogP contribution in [0, 0.1) is 0 Å². The molecular formula is C24H40N2O3S2. The summed E-state index contributed by atoms with van der Waals surface area (Å²) in [6, 6.07) is 4.74. The molecule has 7 heteroatoms. The van der Waals surface area contributed by atoms with E-state index < -0.39 is 12.0 Å². The lowest BCUT2D eigenvalue weighted by atomic mass is 10.0. The zero-order valence-corrected chi connectivity index (χ0v) is 20.7. The minimum absolute atomic E-state index is 0.168. The Bertz CT molecular complexity index is 587. The third-order valence-electron chi connectivity index (χ3n) is 5.16. The Kier molecular flexibility index (Phi) is 17.5. The Labute approximate surface area is 196 Å². The Morgan fingerprint density at radius 3 is 2.03 bits per heavy atom. The molecule has 0 aromatic carbocycles. The summed E-state index contributed by atoms with van der Waals surface area (Å²) in [5.74, 6) is -0.854. The summed E-state index contributed by atoms with van der Waals surface area (Å²) < 4.78 is 0. The van der Waals surface area contributed by atoms with Crippen molar-refractivity contribution in [2.75, 3.05) is 5.75 Å². The smallest absolute Gasteiger partial charge is 0.327 e. The molecule has 0 bridgehead atoms. The number of carboxylic acid groups (broad SMARTS) is 1. The molecule has 2 N–H and O–H groups in total. The van der Waals surface area contributed by atoms with Gasteiger partial charge in [-0.2, -0.15) is 0 Å². The number of rotatable bonds is 20. The van der Waals surface area contributed by atoms with E-state index in [1.54, 1.807) is 6.20 Å². The Morgan fingerprint density at radius 1 is 0.935 bits per heavy atom. The summed E-state index contributed by atoms with van der Waals surface area (Å²) in [7, 11) is 2.81. The van der Waals surface area contributed by atoms with Crippen LogP contribution in [0.15, 0.2) is 29.4 Å². The molecule has 0 saturated carbocycles. The highest BCUT2D eigenvalue weighted by atomic mass is 33.1. The van der Waals surface area contributed by atoms with E-state index >= 15 is 0 Å². The molecule has 0 aliphatic rings. The van der Waals surface area contributed by atoms with Gasteiger partial charge in [0.2, 0.25) is 5.91 Å². The average Bonchev–Trinajstić information content (AvgIpc) is 2.77. The van der Waals surface area contributed by atoms with Crippen LogP contribution in [0.3, 0.4) is 0 Å². The van der Waals surface area contributed by atoms with Crippen LogP contribution in [-0.2, 0) is 9.59 Å². The molecule has 5 nitrogen and oxygen atoms in total. The van der Waals surface area contributed by atoms with Gasteiger partial charge in [0.1, 0.15) is 11.1 Å². The maximum Gasteiger partial charge on any atom is 0.327 e. The number of hydrogen-bond acceptors (Lipinski definition) is 5. The van der Waals surface area contributed by atoms with Gasteiger partial charge in [0.05, 0.1) is 0 Å². The summed E-state index contributed by atoms with van der Waals surface area (Å²) in [6.07, 6.45) is 18.5. The van der Waals surface area contributed by atoms with Gasteiger partial charge < -0.3 is 10.4 Å². The van der Waals surface area contributed by atoms with E-state index in [0.717, 1.165) is 24.3 Å².